The number of piperazine rings is 1. The molecule has 0 saturated carbocycles. The first-order chi connectivity index (χ1) is 6.74. The van der Waals surface area contributed by atoms with Crippen LogP contribution < -0.4 is 10.9 Å². The predicted octanol–water partition coefficient (Wildman–Crippen LogP) is -0.586. The highest BCUT2D eigenvalue weighted by atomic mass is 16.5. The standard InChI is InChI=1S/C9H15N3O2/c1-12-3-2-10-8(6-12)4-7-5-9(13)14-11-7/h5,8,10-11H,2-4,6H2,1H3. The van der Waals surface area contributed by atoms with Crippen LogP contribution in [-0.2, 0) is 6.42 Å². The van der Waals surface area contributed by atoms with Crippen LogP contribution >= 0.6 is 0 Å². The van der Waals surface area contributed by atoms with E-state index in [2.05, 4.69) is 26.9 Å². The van der Waals surface area contributed by atoms with Gasteiger partial charge in [0.1, 0.15) is 0 Å². The van der Waals surface area contributed by atoms with E-state index < -0.39 is 0 Å². The molecule has 0 amide bonds. The van der Waals surface area contributed by atoms with Gasteiger partial charge in [0.05, 0.1) is 5.69 Å². The Kier molecular flexibility index (Phi) is 2.69. The molecule has 0 spiro atoms. The van der Waals surface area contributed by atoms with E-state index in [1.54, 1.807) is 0 Å². The minimum atomic E-state index is -0.302. The molecule has 0 aliphatic carbocycles. The zero-order valence-electron chi connectivity index (χ0n) is 8.25. The van der Waals surface area contributed by atoms with Gasteiger partial charge in [-0.1, -0.05) is 0 Å². The molecule has 5 nitrogen and oxygen atoms in total. The molecule has 0 aromatic carbocycles. The number of likely N-dealkylation sites (N-methyl/N-ethyl adjacent to an activating group) is 1. The second-order valence-electron chi connectivity index (χ2n) is 3.81. The average Bonchev–Trinajstić information content (AvgIpc) is 2.51. The van der Waals surface area contributed by atoms with E-state index in [-0.39, 0.29) is 5.63 Å². The van der Waals surface area contributed by atoms with Crippen molar-refractivity contribution in [2.75, 3.05) is 26.7 Å². The van der Waals surface area contributed by atoms with Gasteiger partial charge in [-0.25, -0.2) is 9.95 Å². The van der Waals surface area contributed by atoms with E-state index in [0.717, 1.165) is 31.7 Å². The van der Waals surface area contributed by atoms with Crippen LogP contribution in [-0.4, -0.2) is 42.8 Å². The molecule has 1 atom stereocenters. The Bertz CT molecular complexity index is 344. The van der Waals surface area contributed by atoms with Gasteiger partial charge in [-0.05, 0) is 7.05 Å². The molecule has 14 heavy (non-hydrogen) atoms. The van der Waals surface area contributed by atoms with Crippen molar-refractivity contribution in [2.24, 2.45) is 0 Å². The largest absolute Gasteiger partial charge is 0.357 e. The molecule has 1 aliphatic heterocycles. The molecule has 2 heterocycles. The highest BCUT2D eigenvalue weighted by Gasteiger charge is 2.17. The summed E-state index contributed by atoms with van der Waals surface area (Å²) >= 11 is 0. The second kappa shape index (κ2) is 3.98. The molecule has 1 aromatic heterocycles. The number of aromatic nitrogens is 1. The predicted molar refractivity (Wildman–Crippen MR) is 52.3 cm³/mol. The third-order valence-corrected chi connectivity index (χ3v) is 2.50. The second-order valence-corrected chi connectivity index (χ2v) is 3.81. The Morgan fingerprint density at radius 1 is 1.71 bits per heavy atom. The van der Waals surface area contributed by atoms with Crippen LogP contribution in [0.15, 0.2) is 15.4 Å². The van der Waals surface area contributed by atoms with Crippen molar-refractivity contribution < 1.29 is 4.52 Å². The van der Waals surface area contributed by atoms with Gasteiger partial charge in [-0.15, -0.1) is 0 Å². The Hall–Kier alpha value is -1.07. The molecule has 0 bridgehead atoms. The van der Waals surface area contributed by atoms with Crippen molar-refractivity contribution in [3.63, 3.8) is 0 Å². The van der Waals surface area contributed by atoms with Crippen molar-refractivity contribution in [3.8, 4) is 0 Å². The quantitative estimate of drug-likeness (QED) is 0.665. The number of rotatable bonds is 2. The van der Waals surface area contributed by atoms with Gasteiger partial charge in [-0.3, -0.25) is 0 Å². The van der Waals surface area contributed by atoms with Crippen molar-refractivity contribution in [3.05, 3.63) is 22.2 Å². The van der Waals surface area contributed by atoms with Gasteiger partial charge in [-0.2, -0.15) is 0 Å². The summed E-state index contributed by atoms with van der Waals surface area (Å²) in [5.74, 6) is 0. The Morgan fingerprint density at radius 3 is 3.21 bits per heavy atom. The summed E-state index contributed by atoms with van der Waals surface area (Å²) in [6, 6.07) is 1.91. The minimum absolute atomic E-state index is 0.302. The van der Waals surface area contributed by atoms with Gasteiger partial charge >= 0.3 is 5.63 Å². The zero-order valence-corrected chi connectivity index (χ0v) is 8.25. The monoisotopic (exact) mass is 197 g/mol. The van der Waals surface area contributed by atoms with E-state index in [1.165, 1.54) is 6.07 Å². The first kappa shape index (κ1) is 9.48. The van der Waals surface area contributed by atoms with E-state index in [9.17, 15) is 4.79 Å². The fraction of sp³-hybridized carbons (Fsp3) is 0.667. The summed E-state index contributed by atoms with van der Waals surface area (Å²) < 4.78 is 4.61. The highest BCUT2D eigenvalue weighted by Crippen LogP contribution is 2.02. The molecule has 1 fully saturated rings. The van der Waals surface area contributed by atoms with Gasteiger partial charge < -0.3 is 14.7 Å². The van der Waals surface area contributed by atoms with Gasteiger partial charge in [0.25, 0.3) is 0 Å². The summed E-state index contributed by atoms with van der Waals surface area (Å²) in [5, 5.41) is 6.02. The maximum Gasteiger partial charge on any atom is 0.357 e. The molecule has 2 N–H and O–H groups in total. The first-order valence-electron chi connectivity index (χ1n) is 4.83. The number of nitrogens with one attached hydrogen (secondary N) is 2. The Balaban J connectivity index is 1.93. The lowest BCUT2D eigenvalue weighted by Crippen LogP contribution is -2.49. The lowest BCUT2D eigenvalue weighted by Gasteiger charge is -2.30. The van der Waals surface area contributed by atoms with E-state index in [4.69, 9.17) is 0 Å². The van der Waals surface area contributed by atoms with Crippen LogP contribution in [0.1, 0.15) is 5.69 Å². The van der Waals surface area contributed by atoms with Crippen molar-refractivity contribution >= 4 is 0 Å². The van der Waals surface area contributed by atoms with E-state index in [1.807, 2.05) is 0 Å². The summed E-state index contributed by atoms with van der Waals surface area (Å²) in [4.78, 5) is 13.0. The van der Waals surface area contributed by atoms with Gasteiger partial charge in [0.2, 0.25) is 0 Å². The van der Waals surface area contributed by atoms with Gasteiger partial charge in [0, 0.05) is 38.2 Å². The maximum absolute atomic E-state index is 10.8. The molecule has 1 aliphatic rings. The van der Waals surface area contributed by atoms with Crippen LogP contribution in [0.2, 0.25) is 0 Å². The molecule has 0 radical (unpaired) electrons. The van der Waals surface area contributed by atoms with Crippen LogP contribution in [0.4, 0.5) is 0 Å². The minimum Gasteiger partial charge on any atom is -0.339 e. The smallest absolute Gasteiger partial charge is 0.339 e. The Labute approximate surface area is 82.1 Å². The number of nitrogens with zero attached hydrogens (tertiary/aromatic N) is 1. The molecular formula is C9H15N3O2. The fourth-order valence-electron chi connectivity index (χ4n) is 1.81. The third kappa shape index (κ3) is 2.24. The van der Waals surface area contributed by atoms with Crippen molar-refractivity contribution in [1.29, 1.82) is 0 Å². The average molecular weight is 197 g/mol. The molecule has 1 unspecified atom stereocenters. The maximum atomic E-state index is 10.8. The number of aromatic amines is 1. The number of hydrogen-bond donors (Lipinski definition) is 2. The number of H-pyrrole nitrogens is 1. The fourth-order valence-corrected chi connectivity index (χ4v) is 1.81. The lowest BCUT2D eigenvalue weighted by atomic mass is 10.1. The van der Waals surface area contributed by atoms with Crippen molar-refractivity contribution in [2.45, 2.75) is 12.5 Å². The zero-order chi connectivity index (χ0) is 9.97. The third-order valence-electron chi connectivity index (χ3n) is 2.50. The summed E-state index contributed by atoms with van der Waals surface area (Å²) in [6.07, 6.45) is 0.816. The lowest BCUT2D eigenvalue weighted by molar-refractivity contribution is 0.236. The van der Waals surface area contributed by atoms with Crippen LogP contribution in [0.5, 0.6) is 0 Å². The molecule has 5 heteroatoms. The summed E-state index contributed by atoms with van der Waals surface area (Å²) in [7, 11) is 2.10. The normalized spacial score (nSPS) is 23.9. The molecule has 78 valence electrons. The topological polar surface area (TPSA) is 61.3 Å². The molecule has 2 rings (SSSR count). The Morgan fingerprint density at radius 2 is 2.57 bits per heavy atom. The first-order valence-corrected chi connectivity index (χ1v) is 4.83. The van der Waals surface area contributed by atoms with Crippen molar-refractivity contribution in [1.82, 2.24) is 15.4 Å². The van der Waals surface area contributed by atoms with E-state index in [0.29, 0.717) is 6.04 Å². The summed E-state index contributed by atoms with van der Waals surface area (Å²) in [5.41, 5.74) is 0.562. The van der Waals surface area contributed by atoms with Crippen LogP contribution in [0.25, 0.3) is 0 Å². The molecule has 1 saturated heterocycles. The van der Waals surface area contributed by atoms with E-state index >= 15 is 0 Å². The SMILES string of the molecule is CN1CCNC(Cc2cc(=O)o[nH]2)C1. The summed E-state index contributed by atoms with van der Waals surface area (Å²) in [6.45, 7) is 3.09. The molecule has 1 aromatic rings. The highest BCUT2D eigenvalue weighted by molar-refractivity contribution is 4.99. The molecular weight excluding hydrogens is 182 g/mol. The van der Waals surface area contributed by atoms with Crippen LogP contribution in [0, 0.1) is 0 Å². The van der Waals surface area contributed by atoms with Crippen LogP contribution in [0.3, 0.4) is 0 Å². The number of hydrogen-bond acceptors (Lipinski definition) is 4. The van der Waals surface area contributed by atoms with Gasteiger partial charge in [0.15, 0.2) is 0 Å².